The maximum absolute atomic E-state index is 11.5. The summed E-state index contributed by atoms with van der Waals surface area (Å²) in [6.45, 7) is 11.5. The maximum atomic E-state index is 11.5. The highest BCUT2D eigenvalue weighted by molar-refractivity contribution is 5.88. The minimum Gasteiger partial charge on any atom is -0.351 e. The van der Waals surface area contributed by atoms with Crippen LogP contribution in [0.5, 0.6) is 0 Å². The minimum atomic E-state index is -0.328. The molecule has 0 aromatic carbocycles. The summed E-state index contributed by atoms with van der Waals surface area (Å²) in [5.41, 5.74) is -0.557. The molecule has 0 rings (SSSR count). The van der Waals surface area contributed by atoms with Crippen LogP contribution < -0.4 is 10.6 Å². The number of amides is 2. The molecule has 4 nitrogen and oxygen atoms in total. The topological polar surface area (TPSA) is 58.2 Å². The highest BCUT2D eigenvalue weighted by atomic mass is 16.2. The van der Waals surface area contributed by atoms with Gasteiger partial charge in [-0.15, -0.1) is 0 Å². The monoisotopic (exact) mass is 254 g/mol. The van der Waals surface area contributed by atoms with Gasteiger partial charge in [0.2, 0.25) is 11.8 Å². The van der Waals surface area contributed by atoms with Crippen LogP contribution in [0.3, 0.4) is 0 Å². The second-order valence-corrected chi connectivity index (χ2v) is 6.13. The zero-order valence-corrected chi connectivity index (χ0v) is 12.4. The van der Waals surface area contributed by atoms with Gasteiger partial charge in [0.25, 0.3) is 0 Å². The van der Waals surface area contributed by atoms with E-state index in [4.69, 9.17) is 0 Å². The van der Waals surface area contributed by atoms with E-state index >= 15 is 0 Å². The van der Waals surface area contributed by atoms with Crippen molar-refractivity contribution in [2.45, 2.75) is 65.5 Å². The molecule has 0 aromatic rings. The van der Waals surface area contributed by atoms with Crippen LogP contribution in [0.2, 0.25) is 0 Å². The van der Waals surface area contributed by atoms with Crippen molar-refractivity contribution in [3.05, 3.63) is 12.2 Å². The molecule has 2 amide bonds. The molecular weight excluding hydrogens is 228 g/mol. The second-order valence-electron chi connectivity index (χ2n) is 6.13. The van der Waals surface area contributed by atoms with Crippen molar-refractivity contribution in [3.8, 4) is 0 Å². The summed E-state index contributed by atoms with van der Waals surface area (Å²) in [5, 5.41) is 5.75. The minimum absolute atomic E-state index is 0.0209. The van der Waals surface area contributed by atoms with Crippen molar-refractivity contribution in [1.82, 2.24) is 10.6 Å². The second kappa shape index (κ2) is 6.57. The smallest absolute Gasteiger partial charge is 0.244 e. The van der Waals surface area contributed by atoms with Crippen LogP contribution in [0.4, 0.5) is 0 Å². The van der Waals surface area contributed by atoms with Gasteiger partial charge in [-0.1, -0.05) is 13.0 Å². The van der Waals surface area contributed by atoms with Gasteiger partial charge in [-0.2, -0.15) is 0 Å². The fourth-order valence-corrected chi connectivity index (χ4v) is 1.39. The first-order valence-electron chi connectivity index (χ1n) is 6.35. The van der Waals surface area contributed by atoms with E-state index in [2.05, 4.69) is 10.6 Å². The summed E-state index contributed by atoms with van der Waals surface area (Å²) < 4.78 is 0. The lowest BCUT2D eigenvalue weighted by Crippen LogP contribution is -2.43. The molecule has 0 aliphatic heterocycles. The number of hydrogen-bond acceptors (Lipinski definition) is 2. The number of carbonyl (C=O) groups excluding carboxylic acids is 2. The first-order valence-corrected chi connectivity index (χ1v) is 6.35. The van der Waals surface area contributed by atoms with Crippen molar-refractivity contribution in [2.24, 2.45) is 0 Å². The predicted molar refractivity (Wildman–Crippen MR) is 74.2 cm³/mol. The number of rotatable bonds is 5. The Morgan fingerprint density at radius 3 is 2.06 bits per heavy atom. The molecule has 0 saturated carbocycles. The van der Waals surface area contributed by atoms with Crippen LogP contribution in [0, 0.1) is 0 Å². The van der Waals surface area contributed by atoms with E-state index in [1.54, 1.807) is 6.08 Å². The third-order valence-electron chi connectivity index (χ3n) is 2.19. The SMILES string of the molecule is CCC(=O)NC(C)(C)C/C=C\C(=O)NC(C)(C)C. The molecule has 0 unspecified atom stereocenters. The molecule has 0 radical (unpaired) electrons. The van der Waals surface area contributed by atoms with Crippen LogP contribution in [0.15, 0.2) is 12.2 Å². The zero-order valence-electron chi connectivity index (χ0n) is 12.4. The third-order valence-corrected chi connectivity index (χ3v) is 2.19. The fraction of sp³-hybridized carbons (Fsp3) is 0.714. The Balaban J connectivity index is 4.22. The Morgan fingerprint density at radius 1 is 1.06 bits per heavy atom. The summed E-state index contributed by atoms with van der Waals surface area (Å²) in [6.07, 6.45) is 4.40. The summed E-state index contributed by atoms with van der Waals surface area (Å²) in [7, 11) is 0. The van der Waals surface area contributed by atoms with Crippen molar-refractivity contribution < 1.29 is 9.59 Å². The van der Waals surface area contributed by atoms with Crippen LogP contribution in [-0.4, -0.2) is 22.9 Å². The van der Waals surface area contributed by atoms with Gasteiger partial charge in [0.05, 0.1) is 0 Å². The van der Waals surface area contributed by atoms with Gasteiger partial charge >= 0.3 is 0 Å². The predicted octanol–water partition coefficient (Wildman–Crippen LogP) is 2.15. The molecule has 4 heteroatoms. The Morgan fingerprint density at radius 2 is 1.61 bits per heavy atom. The molecule has 0 aliphatic rings. The Kier molecular flexibility index (Phi) is 6.09. The number of nitrogens with one attached hydrogen (secondary N) is 2. The molecule has 0 fully saturated rings. The molecule has 104 valence electrons. The molecule has 0 spiro atoms. The molecular formula is C14H26N2O2. The Bertz CT molecular complexity index is 325. The maximum Gasteiger partial charge on any atom is 0.244 e. The molecule has 18 heavy (non-hydrogen) atoms. The largest absolute Gasteiger partial charge is 0.351 e. The lowest BCUT2D eigenvalue weighted by Gasteiger charge is -2.24. The molecule has 0 atom stereocenters. The fourth-order valence-electron chi connectivity index (χ4n) is 1.39. The molecule has 2 N–H and O–H groups in total. The van der Waals surface area contributed by atoms with Gasteiger partial charge in [-0.3, -0.25) is 9.59 Å². The summed E-state index contributed by atoms with van der Waals surface area (Å²) in [4.78, 5) is 22.8. The van der Waals surface area contributed by atoms with Crippen LogP contribution in [-0.2, 0) is 9.59 Å². The number of carbonyl (C=O) groups is 2. The van der Waals surface area contributed by atoms with E-state index in [-0.39, 0.29) is 22.9 Å². The molecule has 0 aliphatic carbocycles. The van der Waals surface area contributed by atoms with E-state index in [1.165, 1.54) is 6.08 Å². The standard InChI is InChI=1S/C14H26N2O2/c1-7-11(17)16-14(5,6)10-8-9-12(18)15-13(2,3)4/h8-9H,7,10H2,1-6H3,(H,15,18)(H,16,17)/b9-8-. The van der Waals surface area contributed by atoms with Gasteiger partial charge in [-0.25, -0.2) is 0 Å². The molecule has 0 bridgehead atoms. The quantitative estimate of drug-likeness (QED) is 0.739. The number of hydrogen-bond donors (Lipinski definition) is 2. The summed E-state index contributed by atoms with van der Waals surface area (Å²) >= 11 is 0. The van der Waals surface area contributed by atoms with E-state index < -0.39 is 0 Å². The summed E-state index contributed by atoms with van der Waals surface area (Å²) in [5.74, 6) is -0.0901. The van der Waals surface area contributed by atoms with Crippen molar-refractivity contribution >= 4 is 11.8 Å². The van der Waals surface area contributed by atoms with Crippen molar-refractivity contribution in [3.63, 3.8) is 0 Å². The van der Waals surface area contributed by atoms with Gasteiger partial charge < -0.3 is 10.6 Å². The first kappa shape index (κ1) is 16.7. The Labute approximate surface area is 110 Å². The molecule has 0 saturated heterocycles. The molecule has 0 heterocycles. The third kappa shape index (κ3) is 8.79. The lowest BCUT2D eigenvalue weighted by molar-refractivity contribution is -0.122. The average molecular weight is 254 g/mol. The first-order chi connectivity index (χ1) is 8.06. The molecule has 0 aromatic heterocycles. The van der Waals surface area contributed by atoms with Crippen molar-refractivity contribution in [1.29, 1.82) is 0 Å². The van der Waals surface area contributed by atoms with Crippen LogP contribution in [0.25, 0.3) is 0 Å². The van der Waals surface area contributed by atoms with Gasteiger partial charge in [0, 0.05) is 17.5 Å². The van der Waals surface area contributed by atoms with Gasteiger partial charge in [0.15, 0.2) is 0 Å². The Hall–Kier alpha value is -1.32. The van der Waals surface area contributed by atoms with E-state index in [0.717, 1.165) is 0 Å². The van der Waals surface area contributed by atoms with E-state index in [9.17, 15) is 9.59 Å². The lowest BCUT2D eigenvalue weighted by atomic mass is 10.00. The van der Waals surface area contributed by atoms with Gasteiger partial charge in [-0.05, 0) is 47.1 Å². The normalized spacial score (nSPS) is 12.6. The van der Waals surface area contributed by atoms with Gasteiger partial charge in [0.1, 0.15) is 0 Å². The highest BCUT2D eigenvalue weighted by Crippen LogP contribution is 2.09. The van der Waals surface area contributed by atoms with E-state index in [0.29, 0.717) is 12.8 Å². The highest BCUT2D eigenvalue weighted by Gasteiger charge is 2.18. The summed E-state index contributed by atoms with van der Waals surface area (Å²) in [6, 6.07) is 0. The average Bonchev–Trinajstić information content (AvgIpc) is 2.13. The zero-order chi connectivity index (χ0) is 14.4. The van der Waals surface area contributed by atoms with Crippen LogP contribution in [0.1, 0.15) is 54.4 Å². The van der Waals surface area contributed by atoms with Crippen LogP contribution >= 0.6 is 0 Å². The van der Waals surface area contributed by atoms with E-state index in [1.807, 2.05) is 41.5 Å². The van der Waals surface area contributed by atoms with Crippen molar-refractivity contribution in [2.75, 3.05) is 0 Å².